The van der Waals surface area contributed by atoms with Crippen LogP contribution in [0.4, 0.5) is 0 Å². The van der Waals surface area contributed by atoms with E-state index < -0.39 is 0 Å². The zero-order chi connectivity index (χ0) is 20.8. The standard InChI is InChI=1S/C24H27N5O/c1-18-26-16-22(24(30)27-15-20-8-5-11-25-14-20)23(28-18)21-9-12-29(13-10-21)17-19-6-3-2-4-7-19/h2-8,11,14,16,21H,9-10,12-13,15,17H2,1H3,(H,27,30). The summed E-state index contributed by atoms with van der Waals surface area (Å²) < 4.78 is 0. The van der Waals surface area contributed by atoms with Gasteiger partial charge in [0, 0.05) is 37.6 Å². The van der Waals surface area contributed by atoms with E-state index in [9.17, 15) is 4.79 Å². The van der Waals surface area contributed by atoms with Crippen LogP contribution < -0.4 is 5.32 Å². The van der Waals surface area contributed by atoms with Crippen molar-refractivity contribution >= 4 is 5.91 Å². The second-order valence-corrected chi connectivity index (χ2v) is 7.80. The Morgan fingerprint density at radius 1 is 1.07 bits per heavy atom. The fourth-order valence-electron chi connectivity index (χ4n) is 3.96. The van der Waals surface area contributed by atoms with Gasteiger partial charge in [0.1, 0.15) is 5.82 Å². The molecule has 1 saturated heterocycles. The maximum absolute atomic E-state index is 12.9. The first-order valence-electron chi connectivity index (χ1n) is 10.5. The molecule has 1 fully saturated rings. The van der Waals surface area contributed by atoms with E-state index in [1.807, 2.05) is 25.1 Å². The summed E-state index contributed by atoms with van der Waals surface area (Å²) in [5, 5.41) is 2.99. The smallest absolute Gasteiger partial charge is 0.254 e. The lowest BCUT2D eigenvalue weighted by Crippen LogP contribution is -2.34. The van der Waals surface area contributed by atoms with Gasteiger partial charge in [-0.1, -0.05) is 36.4 Å². The van der Waals surface area contributed by atoms with E-state index in [1.165, 1.54) is 5.56 Å². The van der Waals surface area contributed by atoms with Crippen LogP contribution in [0, 0.1) is 6.92 Å². The van der Waals surface area contributed by atoms with Crippen LogP contribution in [0.2, 0.25) is 0 Å². The Morgan fingerprint density at radius 2 is 1.83 bits per heavy atom. The number of amides is 1. The van der Waals surface area contributed by atoms with Gasteiger partial charge >= 0.3 is 0 Å². The van der Waals surface area contributed by atoms with E-state index in [0.29, 0.717) is 17.9 Å². The van der Waals surface area contributed by atoms with Gasteiger partial charge in [-0.25, -0.2) is 9.97 Å². The minimum atomic E-state index is -0.124. The summed E-state index contributed by atoms with van der Waals surface area (Å²) in [6, 6.07) is 14.4. The molecule has 0 atom stereocenters. The van der Waals surface area contributed by atoms with Gasteiger partial charge < -0.3 is 5.32 Å². The SMILES string of the molecule is Cc1ncc(C(=O)NCc2cccnc2)c(C2CCN(Cc3ccccc3)CC2)n1. The number of pyridine rings is 1. The molecular formula is C24H27N5O. The van der Waals surface area contributed by atoms with Gasteiger partial charge in [0.2, 0.25) is 0 Å². The van der Waals surface area contributed by atoms with E-state index in [0.717, 1.165) is 43.7 Å². The third-order valence-electron chi connectivity index (χ3n) is 5.58. The van der Waals surface area contributed by atoms with Crippen LogP contribution in [-0.2, 0) is 13.1 Å². The highest BCUT2D eigenvalue weighted by Crippen LogP contribution is 2.29. The minimum absolute atomic E-state index is 0.124. The summed E-state index contributed by atoms with van der Waals surface area (Å²) >= 11 is 0. The van der Waals surface area contributed by atoms with Gasteiger partial charge in [-0.3, -0.25) is 14.7 Å². The molecule has 2 aromatic heterocycles. The van der Waals surface area contributed by atoms with E-state index in [2.05, 4.69) is 49.4 Å². The molecule has 6 nitrogen and oxygen atoms in total. The summed E-state index contributed by atoms with van der Waals surface area (Å²) in [5.74, 6) is 0.860. The van der Waals surface area contributed by atoms with Crippen LogP contribution in [0.3, 0.4) is 0 Å². The summed E-state index contributed by atoms with van der Waals surface area (Å²) in [5.41, 5.74) is 3.77. The van der Waals surface area contributed by atoms with E-state index in [1.54, 1.807) is 18.6 Å². The molecule has 0 saturated carbocycles. The number of aromatic nitrogens is 3. The Bertz CT molecular complexity index is 969. The Kier molecular flexibility index (Phi) is 6.44. The Labute approximate surface area is 177 Å². The maximum atomic E-state index is 12.9. The van der Waals surface area contributed by atoms with Gasteiger partial charge in [0.05, 0.1) is 11.3 Å². The van der Waals surface area contributed by atoms with Crippen molar-refractivity contribution in [3.8, 4) is 0 Å². The van der Waals surface area contributed by atoms with E-state index >= 15 is 0 Å². The number of aryl methyl sites for hydroxylation is 1. The number of nitrogens with one attached hydrogen (secondary N) is 1. The number of piperidine rings is 1. The molecule has 1 N–H and O–H groups in total. The van der Waals surface area contributed by atoms with Crippen molar-refractivity contribution in [3.63, 3.8) is 0 Å². The molecule has 0 radical (unpaired) electrons. The van der Waals surface area contributed by atoms with Gasteiger partial charge in [0.25, 0.3) is 5.91 Å². The average molecular weight is 402 g/mol. The molecule has 1 aromatic carbocycles. The molecule has 3 aromatic rings. The Balaban J connectivity index is 1.41. The number of rotatable bonds is 6. The second kappa shape index (κ2) is 9.59. The van der Waals surface area contributed by atoms with Crippen LogP contribution in [0.15, 0.2) is 61.1 Å². The molecule has 3 heterocycles. The fraction of sp³-hybridized carbons (Fsp3) is 0.333. The van der Waals surface area contributed by atoms with Crippen LogP contribution in [-0.4, -0.2) is 38.8 Å². The van der Waals surface area contributed by atoms with Crippen molar-refractivity contribution in [1.29, 1.82) is 0 Å². The van der Waals surface area contributed by atoms with E-state index in [4.69, 9.17) is 0 Å². The zero-order valence-corrected chi connectivity index (χ0v) is 17.3. The number of likely N-dealkylation sites (tertiary alicyclic amines) is 1. The third-order valence-corrected chi connectivity index (χ3v) is 5.58. The molecule has 0 unspecified atom stereocenters. The molecule has 154 valence electrons. The molecule has 0 spiro atoms. The third kappa shape index (κ3) is 5.07. The van der Waals surface area contributed by atoms with Crippen molar-refractivity contribution < 1.29 is 4.79 Å². The van der Waals surface area contributed by atoms with Crippen LogP contribution >= 0.6 is 0 Å². The van der Waals surface area contributed by atoms with Gasteiger partial charge in [-0.2, -0.15) is 0 Å². The van der Waals surface area contributed by atoms with Gasteiger partial charge in [-0.15, -0.1) is 0 Å². The fourth-order valence-corrected chi connectivity index (χ4v) is 3.96. The quantitative estimate of drug-likeness (QED) is 0.685. The summed E-state index contributed by atoms with van der Waals surface area (Å²) in [6.45, 7) is 5.29. The van der Waals surface area contributed by atoms with Crippen LogP contribution in [0.25, 0.3) is 0 Å². The van der Waals surface area contributed by atoms with Crippen molar-refractivity contribution in [3.05, 3.63) is 89.3 Å². The average Bonchev–Trinajstić information content (AvgIpc) is 2.79. The zero-order valence-electron chi connectivity index (χ0n) is 17.3. The summed E-state index contributed by atoms with van der Waals surface area (Å²) in [4.78, 5) is 28.4. The van der Waals surface area contributed by atoms with Crippen molar-refractivity contribution in [2.45, 2.75) is 38.8 Å². The lowest BCUT2D eigenvalue weighted by molar-refractivity contribution is 0.0947. The van der Waals surface area contributed by atoms with Gasteiger partial charge in [-0.05, 0) is 50.0 Å². The highest BCUT2D eigenvalue weighted by molar-refractivity contribution is 5.95. The Hall–Kier alpha value is -3.12. The molecule has 30 heavy (non-hydrogen) atoms. The summed E-state index contributed by atoms with van der Waals surface area (Å²) in [6.07, 6.45) is 7.14. The minimum Gasteiger partial charge on any atom is -0.348 e. The first kappa shape index (κ1) is 20.2. The predicted molar refractivity (Wildman–Crippen MR) is 116 cm³/mol. The number of carbonyl (C=O) groups is 1. The number of nitrogens with zero attached hydrogens (tertiary/aromatic N) is 4. The number of hydrogen-bond donors (Lipinski definition) is 1. The largest absolute Gasteiger partial charge is 0.348 e. The molecule has 1 aliphatic heterocycles. The molecule has 6 heteroatoms. The number of hydrogen-bond acceptors (Lipinski definition) is 5. The first-order valence-corrected chi connectivity index (χ1v) is 10.5. The van der Waals surface area contributed by atoms with Gasteiger partial charge in [0.15, 0.2) is 0 Å². The second-order valence-electron chi connectivity index (χ2n) is 7.80. The van der Waals surface area contributed by atoms with Crippen molar-refractivity contribution in [1.82, 2.24) is 25.2 Å². The maximum Gasteiger partial charge on any atom is 0.254 e. The molecule has 0 bridgehead atoms. The van der Waals surface area contributed by atoms with Crippen molar-refractivity contribution in [2.75, 3.05) is 13.1 Å². The lowest BCUT2D eigenvalue weighted by Gasteiger charge is -2.32. The highest BCUT2D eigenvalue weighted by Gasteiger charge is 2.26. The van der Waals surface area contributed by atoms with Crippen LogP contribution in [0.1, 0.15) is 51.8 Å². The van der Waals surface area contributed by atoms with Crippen LogP contribution in [0.5, 0.6) is 0 Å². The topological polar surface area (TPSA) is 71.0 Å². The highest BCUT2D eigenvalue weighted by atomic mass is 16.1. The van der Waals surface area contributed by atoms with Crippen molar-refractivity contribution in [2.24, 2.45) is 0 Å². The van der Waals surface area contributed by atoms with E-state index in [-0.39, 0.29) is 11.8 Å². The first-order chi connectivity index (χ1) is 14.7. The number of benzene rings is 1. The number of carbonyl (C=O) groups excluding carboxylic acids is 1. The Morgan fingerprint density at radius 3 is 2.57 bits per heavy atom. The monoisotopic (exact) mass is 401 g/mol. The normalized spacial score (nSPS) is 15.1. The predicted octanol–water partition coefficient (Wildman–Crippen LogP) is 3.49. The molecular weight excluding hydrogens is 374 g/mol. The molecule has 1 aliphatic rings. The summed E-state index contributed by atoms with van der Waals surface area (Å²) in [7, 11) is 0. The molecule has 0 aliphatic carbocycles. The lowest BCUT2D eigenvalue weighted by atomic mass is 9.90. The molecule has 1 amide bonds. The molecule has 4 rings (SSSR count).